The second-order valence-electron chi connectivity index (χ2n) is 5.91. The second-order valence-corrected chi connectivity index (χ2v) is 9.99. The molecule has 0 aliphatic rings. The third-order valence-electron chi connectivity index (χ3n) is 3.93. The van der Waals surface area contributed by atoms with Crippen LogP contribution in [0.1, 0.15) is 15.4 Å². The normalized spacial score (nSPS) is 12.1. The molecule has 4 rings (SSSR count). The van der Waals surface area contributed by atoms with E-state index in [2.05, 4.69) is 15.4 Å². The lowest BCUT2D eigenvalue weighted by atomic mass is 10.3. The Morgan fingerprint density at radius 3 is 2.69 bits per heavy atom. The summed E-state index contributed by atoms with van der Waals surface area (Å²) < 4.78 is 25.8. The van der Waals surface area contributed by atoms with E-state index in [1.54, 1.807) is 16.8 Å². The first-order chi connectivity index (χ1) is 12.2. The highest BCUT2D eigenvalue weighted by atomic mass is 32.2. The molecular weight excluding hydrogens is 392 g/mol. The number of thiazole rings is 1. The number of sulfone groups is 1. The Morgan fingerprint density at radius 2 is 2.00 bits per heavy atom. The van der Waals surface area contributed by atoms with Gasteiger partial charge in [0.2, 0.25) is 0 Å². The molecule has 0 spiro atoms. The highest BCUT2D eigenvalue weighted by Crippen LogP contribution is 2.31. The summed E-state index contributed by atoms with van der Waals surface area (Å²) in [6, 6.07) is 6.57. The first-order valence-electron chi connectivity index (χ1n) is 7.57. The number of benzene rings is 1. The maximum absolute atomic E-state index is 12.5. The fourth-order valence-corrected chi connectivity index (χ4v) is 5.31. The third-order valence-corrected chi connectivity index (χ3v) is 7.17. The number of nitrogens with one attached hydrogen (secondary N) is 1. The van der Waals surface area contributed by atoms with Gasteiger partial charge in [0, 0.05) is 18.7 Å². The summed E-state index contributed by atoms with van der Waals surface area (Å²) in [5, 5.41) is 8.52. The molecular formula is C16H14N4O3S3. The van der Waals surface area contributed by atoms with E-state index in [1.165, 1.54) is 28.7 Å². The third kappa shape index (κ3) is 2.89. The highest BCUT2D eigenvalue weighted by Gasteiger charge is 2.17. The first kappa shape index (κ1) is 17.1. The largest absolute Gasteiger partial charge is 0.297 e. The zero-order valence-electron chi connectivity index (χ0n) is 14.1. The maximum Gasteiger partial charge on any atom is 0.267 e. The van der Waals surface area contributed by atoms with Crippen LogP contribution in [0.4, 0.5) is 5.13 Å². The molecule has 0 saturated carbocycles. The van der Waals surface area contributed by atoms with E-state index >= 15 is 0 Å². The van der Waals surface area contributed by atoms with Crippen LogP contribution in [-0.2, 0) is 16.9 Å². The van der Waals surface area contributed by atoms with Crippen LogP contribution in [0.5, 0.6) is 0 Å². The van der Waals surface area contributed by atoms with E-state index in [1.807, 2.05) is 20.0 Å². The van der Waals surface area contributed by atoms with Crippen molar-refractivity contribution >= 4 is 64.0 Å². The van der Waals surface area contributed by atoms with Gasteiger partial charge in [-0.05, 0) is 31.2 Å². The van der Waals surface area contributed by atoms with Gasteiger partial charge in [0.1, 0.15) is 4.83 Å². The van der Waals surface area contributed by atoms with Gasteiger partial charge in [-0.3, -0.25) is 14.8 Å². The molecule has 0 aliphatic heterocycles. The molecule has 0 fully saturated rings. The van der Waals surface area contributed by atoms with Crippen molar-refractivity contribution in [1.29, 1.82) is 0 Å². The van der Waals surface area contributed by atoms with Crippen LogP contribution in [0.15, 0.2) is 29.2 Å². The predicted molar refractivity (Wildman–Crippen MR) is 104 cm³/mol. The number of amides is 1. The van der Waals surface area contributed by atoms with Crippen molar-refractivity contribution in [3.05, 3.63) is 34.8 Å². The maximum atomic E-state index is 12.5. The molecule has 0 radical (unpaired) electrons. The Balaban J connectivity index is 1.65. The van der Waals surface area contributed by atoms with E-state index in [0.717, 1.165) is 22.2 Å². The first-order valence-corrected chi connectivity index (χ1v) is 11.1. The van der Waals surface area contributed by atoms with Gasteiger partial charge in [0.15, 0.2) is 15.0 Å². The molecule has 26 heavy (non-hydrogen) atoms. The summed E-state index contributed by atoms with van der Waals surface area (Å²) in [6.45, 7) is 1.91. The zero-order valence-corrected chi connectivity index (χ0v) is 16.6. The number of nitrogens with zero attached hydrogens (tertiary/aromatic N) is 3. The van der Waals surface area contributed by atoms with Crippen molar-refractivity contribution in [3.8, 4) is 0 Å². The van der Waals surface area contributed by atoms with Crippen LogP contribution in [0.3, 0.4) is 0 Å². The summed E-state index contributed by atoms with van der Waals surface area (Å²) in [5.74, 6) is -0.243. The lowest BCUT2D eigenvalue weighted by Crippen LogP contribution is -2.09. The average molecular weight is 407 g/mol. The van der Waals surface area contributed by atoms with Gasteiger partial charge in [-0.1, -0.05) is 11.3 Å². The Hall–Kier alpha value is -2.30. The standard InChI is InChI=1S/C16H14N4O3S3/c1-8-10-7-13(24-15(10)20(2)19-8)14(21)18-16-17-11-5-4-9(26(3,22)23)6-12(11)25-16/h4-7H,1-3H3,(H,17,18,21). The lowest BCUT2D eigenvalue weighted by molar-refractivity contribution is 0.103. The smallest absolute Gasteiger partial charge is 0.267 e. The summed E-state index contributed by atoms with van der Waals surface area (Å²) in [4.78, 5) is 18.7. The van der Waals surface area contributed by atoms with Gasteiger partial charge in [-0.2, -0.15) is 5.10 Å². The van der Waals surface area contributed by atoms with E-state index in [9.17, 15) is 13.2 Å². The number of thiophene rings is 1. The Kier molecular flexibility index (Phi) is 3.86. The van der Waals surface area contributed by atoms with Gasteiger partial charge in [-0.25, -0.2) is 13.4 Å². The number of hydrogen-bond acceptors (Lipinski definition) is 7. The van der Waals surface area contributed by atoms with Crippen LogP contribution < -0.4 is 5.32 Å². The number of hydrogen-bond donors (Lipinski definition) is 1. The van der Waals surface area contributed by atoms with E-state index in [0.29, 0.717) is 20.2 Å². The molecule has 1 amide bonds. The second kappa shape index (κ2) is 5.86. The minimum Gasteiger partial charge on any atom is -0.297 e. The van der Waals surface area contributed by atoms with Crippen LogP contribution in [0.25, 0.3) is 20.4 Å². The fraction of sp³-hybridized carbons (Fsp3) is 0.188. The van der Waals surface area contributed by atoms with Gasteiger partial charge >= 0.3 is 0 Å². The van der Waals surface area contributed by atoms with Crippen molar-refractivity contribution in [2.75, 3.05) is 11.6 Å². The Labute approximate surface area is 157 Å². The topological polar surface area (TPSA) is 93.9 Å². The summed E-state index contributed by atoms with van der Waals surface area (Å²) in [7, 11) is -1.44. The molecule has 3 heterocycles. The molecule has 134 valence electrons. The lowest BCUT2D eigenvalue weighted by Gasteiger charge is -1.97. The van der Waals surface area contributed by atoms with E-state index in [-0.39, 0.29) is 10.8 Å². The molecule has 0 atom stereocenters. The van der Waals surface area contributed by atoms with Crippen molar-refractivity contribution in [3.63, 3.8) is 0 Å². The van der Waals surface area contributed by atoms with Crippen LogP contribution in [0, 0.1) is 6.92 Å². The molecule has 3 aromatic heterocycles. The molecule has 4 aromatic rings. The van der Waals surface area contributed by atoms with Crippen molar-refractivity contribution in [2.45, 2.75) is 11.8 Å². The molecule has 0 unspecified atom stereocenters. The molecule has 10 heteroatoms. The SMILES string of the molecule is Cc1nn(C)c2sc(C(=O)Nc3nc4ccc(S(C)(=O)=O)cc4s3)cc12. The molecule has 0 bridgehead atoms. The van der Waals surface area contributed by atoms with Crippen LogP contribution in [-0.4, -0.2) is 35.3 Å². The van der Waals surface area contributed by atoms with Crippen LogP contribution >= 0.6 is 22.7 Å². The van der Waals surface area contributed by atoms with Crippen LogP contribution in [0.2, 0.25) is 0 Å². The summed E-state index contributed by atoms with van der Waals surface area (Å²) in [6.07, 6.45) is 1.16. The van der Waals surface area contributed by atoms with Gasteiger partial charge in [0.05, 0.1) is 25.7 Å². The number of carbonyl (C=O) groups is 1. The number of aryl methyl sites for hydroxylation is 2. The van der Waals surface area contributed by atoms with Gasteiger partial charge in [0.25, 0.3) is 5.91 Å². The molecule has 1 aromatic carbocycles. The van der Waals surface area contributed by atoms with Crippen molar-refractivity contribution < 1.29 is 13.2 Å². The molecule has 1 N–H and O–H groups in total. The fourth-order valence-electron chi connectivity index (χ4n) is 2.66. The number of aromatic nitrogens is 3. The number of fused-ring (bicyclic) bond motifs is 2. The minimum absolute atomic E-state index is 0.235. The monoisotopic (exact) mass is 406 g/mol. The molecule has 7 nitrogen and oxygen atoms in total. The van der Waals surface area contributed by atoms with Gasteiger partial charge in [-0.15, -0.1) is 11.3 Å². The summed E-state index contributed by atoms with van der Waals surface area (Å²) >= 11 is 2.62. The predicted octanol–water partition coefficient (Wildman–Crippen LogP) is 3.21. The number of rotatable bonds is 3. The quantitative estimate of drug-likeness (QED) is 0.564. The zero-order chi connectivity index (χ0) is 18.6. The Morgan fingerprint density at radius 1 is 1.23 bits per heavy atom. The molecule has 0 saturated heterocycles. The number of anilines is 1. The van der Waals surface area contributed by atoms with E-state index in [4.69, 9.17) is 0 Å². The van der Waals surface area contributed by atoms with Gasteiger partial charge < -0.3 is 0 Å². The number of carbonyl (C=O) groups excluding carboxylic acids is 1. The molecule has 0 aliphatic carbocycles. The summed E-state index contributed by atoms with van der Waals surface area (Å²) in [5.41, 5.74) is 1.53. The average Bonchev–Trinajstić information content (AvgIpc) is 3.22. The van der Waals surface area contributed by atoms with E-state index < -0.39 is 9.84 Å². The highest BCUT2D eigenvalue weighted by molar-refractivity contribution is 7.90. The Bertz CT molecular complexity index is 1250. The van der Waals surface area contributed by atoms with Crippen molar-refractivity contribution in [1.82, 2.24) is 14.8 Å². The van der Waals surface area contributed by atoms with Crippen molar-refractivity contribution in [2.24, 2.45) is 7.05 Å². The minimum atomic E-state index is -3.28.